The highest BCUT2D eigenvalue weighted by atomic mass is 79.9. The first-order valence-electron chi connectivity index (χ1n) is 7.23. The lowest BCUT2D eigenvalue weighted by atomic mass is 9.82. The van der Waals surface area contributed by atoms with Gasteiger partial charge in [0.05, 0.1) is 12.2 Å². The summed E-state index contributed by atoms with van der Waals surface area (Å²) in [5.41, 5.74) is -0.687. The van der Waals surface area contributed by atoms with Crippen LogP contribution in [-0.4, -0.2) is 11.9 Å². The third kappa shape index (κ3) is 5.53. The number of halogens is 4. The van der Waals surface area contributed by atoms with Crippen LogP contribution in [0.2, 0.25) is 0 Å². The Labute approximate surface area is 133 Å². The van der Waals surface area contributed by atoms with E-state index < -0.39 is 11.7 Å². The molecule has 0 saturated carbocycles. The molecule has 5 heteroatoms. The first-order chi connectivity index (χ1) is 9.87. The molecule has 0 aliphatic rings. The van der Waals surface area contributed by atoms with Crippen molar-refractivity contribution in [1.29, 1.82) is 0 Å². The molecule has 0 saturated heterocycles. The second-order valence-electron chi connectivity index (χ2n) is 5.45. The lowest BCUT2D eigenvalue weighted by molar-refractivity contribution is -0.137. The van der Waals surface area contributed by atoms with Gasteiger partial charge in [0.25, 0.3) is 0 Å². The van der Waals surface area contributed by atoms with Crippen LogP contribution in [0.15, 0.2) is 24.3 Å². The normalized spacial score (nSPS) is 12.5. The van der Waals surface area contributed by atoms with E-state index in [2.05, 4.69) is 29.8 Å². The predicted octanol–water partition coefficient (Wildman–Crippen LogP) is 6.07. The molecule has 0 amide bonds. The van der Waals surface area contributed by atoms with Gasteiger partial charge in [-0.15, -0.1) is 0 Å². The van der Waals surface area contributed by atoms with Crippen molar-refractivity contribution in [2.75, 3.05) is 11.9 Å². The first kappa shape index (κ1) is 18.3. The topological polar surface area (TPSA) is 9.23 Å². The van der Waals surface area contributed by atoms with Gasteiger partial charge in [-0.3, -0.25) is 0 Å². The van der Waals surface area contributed by atoms with Crippen molar-refractivity contribution in [1.82, 2.24) is 0 Å². The minimum atomic E-state index is -4.33. The van der Waals surface area contributed by atoms with Crippen molar-refractivity contribution in [3.63, 3.8) is 0 Å². The van der Waals surface area contributed by atoms with Crippen LogP contribution in [0.4, 0.5) is 13.2 Å². The third-order valence-electron chi connectivity index (χ3n) is 3.55. The Balaban J connectivity index is 2.80. The molecule has 0 radical (unpaired) electrons. The quantitative estimate of drug-likeness (QED) is 0.507. The van der Waals surface area contributed by atoms with E-state index in [1.165, 1.54) is 6.07 Å². The zero-order chi connectivity index (χ0) is 15.9. The summed E-state index contributed by atoms with van der Waals surface area (Å²) in [5, 5.41) is 0.792. The molecule has 0 heterocycles. The van der Waals surface area contributed by atoms with Crippen LogP contribution in [0.25, 0.3) is 0 Å². The van der Waals surface area contributed by atoms with Gasteiger partial charge in [-0.2, -0.15) is 13.2 Å². The molecule has 0 bridgehead atoms. The zero-order valence-corrected chi connectivity index (χ0v) is 14.1. The minimum absolute atomic E-state index is 0.0161. The summed E-state index contributed by atoms with van der Waals surface area (Å²) in [6.45, 7) is 4.65. The molecule has 21 heavy (non-hydrogen) atoms. The molecule has 0 spiro atoms. The molecule has 120 valence electrons. The van der Waals surface area contributed by atoms with Gasteiger partial charge in [0.1, 0.15) is 5.75 Å². The number of hydrogen-bond acceptors (Lipinski definition) is 1. The Morgan fingerprint density at radius 2 is 1.71 bits per heavy atom. The van der Waals surface area contributed by atoms with Gasteiger partial charge in [-0.05, 0) is 31.0 Å². The van der Waals surface area contributed by atoms with Crippen LogP contribution < -0.4 is 4.74 Å². The lowest BCUT2D eigenvalue weighted by Crippen LogP contribution is -2.30. The smallest absolute Gasteiger partial charge is 0.416 e. The maximum Gasteiger partial charge on any atom is 0.416 e. The maximum absolute atomic E-state index is 12.7. The van der Waals surface area contributed by atoms with Gasteiger partial charge >= 0.3 is 6.18 Å². The predicted molar refractivity (Wildman–Crippen MR) is 83.0 cm³/mol. The Kier molecular flexibility index (Phi) is 7.04. The Morgan fingerprint density at radius 1 is 1.10 bits per heavy atom. The van der Waals surface area contributed by atoms with Crippen molar-refractivity contribution in [2.45, 2.75) is 45.7 Å². The molecule has 0 atom stereocenters. The summed E-state index contributed by atoms with van der Waals surface area (Å²) in [5.74, 6) is 0.280. The van der Waals surface area contributed by atoms with E-state index in [0.717, 1.165) is 43.1 Å². The monoisotopic (exact) mass is 366 g/mol. The third-order valence-corrected chi connectivity index (χ3v) is 4.74. The average Bonchev–Trinajstić information content (AvgIpc) is 2.45. The molecule has 0 N–H and O–H groups in total. The fraction of sp³-hybridized carbons (Fsp3) is 0.625. The van der Waals surface area contributed by atoms with E-state index in [4.69, 9.17) is 4.74 Å². The SMILES string of the molecule is CCCC(CBr)(CCC)COc1cccc(C(F)(F)F)c1. The molecular weight excluding hydrogens is 345 g/mol. The number of alkyl halides is 4. The van der Waals surface area contributed by atoms with Crippen LogP contribution in [0.1, 0.15) is 45.1 Å². The Morgan fingerprint density at radius 3 is 2.19 bits per heavy atom. The molecule has 0 aromatic heterocycles. The molecule has 0 aliphatic carbocycles. The van der Waals surface area contributed by atoms with Crippen LogP contribution in [0, 0.1) is 5.41 Å². The molecular formula is C16H22BrF3O. The van der Waals surface area contributed by atoms with E-state index >= 15 is 0 Å². The van der Waals surface area contributed by atoms with Gasteiger partial charge in [0.15, 0.2) is 0 Å². The fourth-order valence-corrected chi connectivity index (χ4v) is 3.22. The van der Waals surface area contributed by atoms with Crippen molar-refractivity contribution in [3.8, 4) is 5.75 Å². The Hall–Kier alpha value is -0.710. The van der Waals surface area contributed by atoms with E-state index in [-0.39, 0.29) is 11.2 Å². The fourth-order valence-electron chi connectivity index (χ4n) is 2.50. The molecule has 1 nitrogen and oxygen atoms in total. The molecule has 1 aromatic rings. The molecule has 0 aliphatic heterocycles. The summed E-state index contributed by atoms with van der Waals surface area (Å²) >= 11 is 3.53. The van der Waals surface area contributed by atoms with Crippen molar-refractivity contribution in [2.24, 2.45) is 5.41 Å². The largest absolute Gasteiger partial charge is 0.493 e. The highest BCUT2D eigenvalue weighted by molar-refractivity contribution is 9.09. The van der Waals surface area contributed by atoms with Crippen LogP contribution in [-0.2, 0) is 6.18 Å². The zero-order valence-electron chi connectivity index (χ0n) is 12.5. The summed E-state index contributed by atoms with van der Waals surface area (Å²) in [6, 6.07) is 5.08. The molecule has 1 aromatic carbocycles. The number of ether oxygens (including phenoxy) is 1. The van der Waals surface area contributed by atoms with Gasteiger partial charge < -0.3 is 4.74 Å². The highest BCUT2D eigenvalue weighted by Crippen LogP contribution is 2.35. The van der Waals surface area contributed by atoms with Crippen LogP contribution in [0.5, 0.6) is 5.75 Å². The second-order valence-corrected chi connectivity index (χ2v) is 6.01. The minimum Gasteiger partial charge on any atom is -0.493 e. The van der Waals surface area contributed by atoms with Gasteiger partial charge in [0.2, 0.25) is 0 Å². The Bertz CT molecular complexity index is 426. The van der Waals surface area contributed by atoms with Gasteiger partial charge in [-0.25, -0.2) is 0 Å². The maximum atomic E-state index is 12.7. The second kappa shape index (κ2) is 8.06. The van der Waals surface area contributed by atoms with E-state index in [0.29, 0.717) is 6.61 Å². The van der Waals surface area contributed by atoms with Crippen molar-refractivity contribution < 1.29 is 17.9 Å². The number of rotatable bonds is 8. The van der Waals surface area contributed by atoms with Crippen molar-refractivity contribution in [3.05, 3.63) is 29.8 Å². The van der Waals surface area contributed by atoms with Gasteiger partial charge in [0, 0.05) is 10.7 Å². The average molecular weight is 367 g/mol. The van der Waals surface area contributed by atoms with Crippen LogP contribution in [0.3, 0.4) is 0 Å². The molecule has 0 fully saturated rings. The first-order valence-corrected chi connectivity index (χ1v) is 8.35. The van der Waals surface area contributed by atoms with Gasteiger partial charge in [-0.1, -0.05) is 48.7 Å². The van der Waals surface area contributed by atoms with Crippen molar-refractivity contribution >= 4 is 15.9 Å². The molecule has 1 rings (SSSR count). The lowest BCUT2D eigenvalue weighted by Gasteiger charge is -2.31. The summed E-state index contributed by atoms with van der Waals surface area (Å²) in [7, 11) is 0. The van der Waals surface area contributed by atoms with Crippen LogP contribution >= 0.6 is 15.9 Å². The molecule has 0 unspecified atom stereocenters. The van der Waals surface area contributed by atoms with E-state index in [9.17, 15) is 13.2 Å². The summed E-state index contributed by atoms with van der Waals surface area (Å²) < 4.78 is 43.7. The summed E-state index contributed by atoms with van der Waals surface area (Å²) in [4.78, 5) is 0. The highest BCUT2D eigenvalue weighted by Gasteiger charge is 2.31. The number of benzene rings is 1. The number of hydrogen-bond donors (Lipinski definition) is 0. The van der Waals surface area contributed by atoms with E-state index in [1.54, 1.807) is 6.07 Å². The van der Waals surface area contributed by atoms with E-state index in [1.807, 2.05) is 0 Å². The standard InChI is InChI=1S/C16H22BrF3O/c1-3-8-15(11-17,9-4-2)12-21-14-7-5-6-13(10-14)16(18,19)20/h5-7,10H,3-4,8-9,11-12H2,1-2H3. The summed E-state index contributed by atoms with van der Waals surface area (Å²) in [6.07, 6.45) is -0.302.